The number of hydrogen-bond donors (Lipinski definition) is 1. The van der Waals surface area contributed by atoms with Crippen LogP contribution in [-0.4, -0.2) is 16.9 Å². The Morgan fingerprint density at radius 2 is 2.00 bits per heavy atom. The zero-order valence-electron chi connectivity index (χ0n) is 17.5. The van der Waals surface area contributed by atoms with Crippen LogP contribution in [0.5, 0.6) is 0 Å². The van der Waals surface area contributed by atoms with Crippen LogP contribution in [0.1, 0.15) is 58.7 Å². The lowest BCUT2D eigenvalue weighted by Crippen LogP contribution is -2.41. The Morgan fingerprint density at radius 1 is 1.31 bits per heavy atom. The number of halogens is 3. The summed E-state index contributed by atoms with van der Waals surface area (Å²) in [5, 5.41) is 0. The van der Waals surface area contributed by atoms with E-state index in [1.807, 2.05) is 13.0 Å². The largest absolute Gasteiger partial charge is 0.392 e. The lowest BCUT2D eigenvalue weighted by molar-refractivity contribution is -0.127. The fraction of sp³-hybridized carbons (Fsp3) is 0.478. The van der Waals surface area contributed by atoms with Gasteiger partial charge in [-0.05, 0) is 58.3 Å². The lowest BCUT2D eigenvalue weighted by Gasteiger charge is -2.45. The fourth-order valence-electron chi connectivity index (χ4n) is 4.74. The van der Waals surface area contributed by atoms with E-state index in [1.54, 1.807) is 13.8 Å². The summed E-state index contributed by atoms with van der Waals surface area (Å²) in [5.74, 6) is 0.122. The van der Waals surface area contributed by atoms with Crippen molar-refractivity contribution in [3.63, 3.8) is 0 Å². The monoisotopic (exact) mass is 404 g/mol. The van der Waals surface area contributed by atoms with Gasteiger partial charge in [0, 0.05) is 35.4 Å². The van der Waals surface area contributed by atoms with Crippen LogP contribution < -0.4 is 5.56 Å². The number of nitrogens with one attached hydrogen (secondary N) is 1. The van der Waals surface area contributed by atoms with Gasteiger partial charge < -0.3 is 4.98 Å². The lowest BCUT2D eigenvalue weighted by atomic mass is 9.63. The number of pyridine rings is 1. The molecule has 0 spiro atoms. The summed E-state index contributed by atoms with van der Waals surface area (Å²) < 4.78 is 38.6. The molecular formula is C23H27F3N2O. The van der Waals surface area contributed by atoms with Gasteiger partial charge >= 0.3 is 6.18 Å². The van der Waals surface area contributed by atoms with Crippen LogP contribution in [0.4, 0.5) is 13.2 Å². The smallest absolute Gasteiger partial charge is 0.326 e. The number of hydrogen-bond acceptors (Lipinski definition) is 2. The molecule has 0 fully saturated rings. The van der Waals surface area contributed by atoms with Gasteiger partial charge in [0.2, 0.25) is 5.56 Å². The molecule has 3 nitrogen and oxygen atoms in total. The minimum atomic E-state index is -4.25. The second-order valence-corrected chi connectivity index (χ2v) is 8.21. The van der Waals surface area contributed by atoms with E-state index in [0.717, 1.165) is 16.8 Å². The van der Waals surface area contributed by atoms with Crippen molar-refractivity contribution >= 4 is 5.71 Å². The van der Waals surface area contributed by atoms with Crippen molar-refractivity contribution in [2.45, 2.75) is 65.6 Å². The number of aromatic nitrogens is 1. The first-order valence-electron chi connectivity index (χ1n) is 9.83. The van der Waals surface area contributed by atoms with Crippen molar-refractivity contribution in [2.75, 3.05) is 0 Å². The van der Waals surface area contributed by atoms with Crippen LogP contribution in [0, 0.1) is 5.92 Å². The number of fused-ring (bicyclic) bond motifs is 4. The molecule has 6 heteroatoms. The maximum absolute atomic E-state index is 12.9. The fourth-order valence-corrected chi connectivity index (χ4v) is 4.74. The topological polar surface area (TPSA) is 45.2 Å². The molecule has 0 aliphatic heterocycles. The Morgan fingerprint density at radius 3 is 2.62 bits per heavy atom. The van der Waals surface area contributed by atoms with Crippen LogP contribution >= 0.6 is 0 Å². The molecule has 2 aliphatic carbocycles. The van der Waals surface area contributed by atoms with Gasteiger partial charge in [-0.15, -0.1) is 0 Å². The molecule has 2 aliphatic rings. The third kappa shape index (κ3) is 4.02. The van der Waals surface area contributed by atoms with Crippen molar-refractivity contribution in [2.24, 2.45) is 10.9 Å². The van der Waals surface area contributed by atoms with Gasteiger partial charge in [-0.1, -0.05) is 23.3 Å². The zero-order valence-corrected chi connectivity index (χ0v) is 17.5. The van der Waals surface area contributed by atoms with Gasteiger partial charge in [0.05, 0.1) is 6.42 Å². The van der Waals surface area contributed by atoms with Gasteiger partial charge in [0.1, 0.15) is 5.54 Å². The number of aliphatic imine (C=N–C) groups is 1. The van der Waals surface area contributed by atoms with Crippen LogP contribution in [0.25, 0.3) is 0 Å². The highest BCUT2D eigenvalue weighted by molar-refractivity contribution is 5.99. The van der Waals surface area contributed by atoms with E-state index in [9.17, 15) is 18.0 Å². The number of allylic oxidation sites excluding steroid dienone is 4. The number of rotatable bonds is 3. The van der Waals surface area contributed by atoms with Gasteiger partial charge in [-0.25, -0.2) is 0 Å². The van der Waals surface area contributed by atoms with E-state index in [4.69, 9.17) is 4.99 Å². The molecule has 1 aromatic rings. The summed E-state index contributed by atoms with van der Waals surface area (Å²) >= 11 is 0. The highest BCUT2D eigenvalue weighted by Gasteiger charge is 2.46. The number of H-pyrrole nitrogens is 1. The zero-order chi connectivity index (χ0) is 21.6. The quantitative estimate of drug-likeness (QED) is 0.503. The summed E-state index contributed by atoms with van der Waals surface area (Å²) in [6.07, 6.45) is 0.432. The molecule has 0 aromatic carbocycles. The minimum Gasteiger partial charge on any atom is -0.326 e. The van der Waals surface area contributed by atoms with Gasteiger partial charge in [-0.2, -0.15) is 13.2 Å². The molecule has 2 bridgehead atoms. The maximum atomic E-state index is 12.9. The van der Waals surface area contributed by atoms with Crippen molar-refractivity contribution in [3.8, 4) is 0 Å². The van der Waals surface area contributed by atoms with Crippen molar-refractivity contribution in [1.29, 1.82) is 0 Å². The molecule has 0 saturated carbocycles. The third-order valence-electron chi connectivity index (χ3n) is 6.09. The predicted molar refractivity (Wildman–Crippen MR) is 110 cm³/mol. The third-order valence-corrected chi connectivity index (χ3v) is 6.09. The van der Waals surface area contributed by atoms with E-state index in [-0.39, 0.29) is 17.1 Å². The Bertz CT molecular complexity index is 1010. The normalized spacial score (nSPS) is 26.8. The Kier molecular flexibility index (Phi) is 5.50. The first-order chi connectivity index (χ1) is 13.5. The van der Waals surface area contributed by atoms with Crippen molar-refractivity contribution in [1.82, 2.24) is 4.98 Å². The number of nitrogens with zero attached hydrogens (tertiary/aromatic N) is 1. The van der Waals surface area contributed by atoms with Crippen LogP contribution in [0.2, 0.25) is 0 Å². The molecule has 29 heavy (non-hydrogen) atoms. The minimum absolute atomic E-state index is 0.122. The van der Waals surface area contributed by atoms with Crippen molar-refractivity contribution < 1.29 is 13.2 Å². The second kappa shape index (κ2) is 7.47. The van der Waals surface area contributed by atoms with Crippen molar-refractivity contribution in [3.05, 3.63) is 68.2 Å². The molecule has 0 radical (unpaired) electrons. The Hall–Kier alpha value is -2.37. The van der Waals surface area contributed by atoms with E-state index >= 15 is 0 Å². The average molecular weight is 404 g/mol. The summed E-state index contributed by atoms with van der Waals surface area (Å²) in [6.45, 7) is 9.03. The molecule has 2 atom stereocenters. The summed E-state index contributed by atoms with van der Waals surface area (Å²) in [7, 11) is 0. The molecule has 1 heterocycles. The first kappa shape index (κ1) is 21.3. The summed E-state index contributed by atoms with van der Waals surface area (Å²) in [6, 6.07) is 3.33. The van der Waals surface area contributed by atoms with Crippen LogP contribution in [0.15, 0.2) is 56.4 Å². The molecule has 0 amide bonds. The summed E-state index contributed by atoms with van der Waals surface area (Å²) in [5.41, 5.74) is 4.72. The number of alkyl halides is 3. The van der Waals surface area contributed by atoms with Crippen LogP contribution in [0.3, 0.4) is 0 Å². The molecule has 1 aromatic heterocycles. The average Bonchev–Trinajstić information content (AvgIpc) is 2.58. The molecule has 0 saturated heterocycles. The Labute approximate surface area is 169 Å². The van der Waals surface area contributed by atoms with Gasteiger partial charge in [0.15, 0.2) is 0 Å². The molecule has 2 unspecified atom stereocenters. The Balaban J connectivity index is 2.21. The molecule has 156 valence electrons. The van der Waals surface area contributed by atoms with E-state index in [1.165, 1.54) is 18.6 Å². The SMILES string of the molecule is C/C=C1\C2C=C(C)CC1(N=C(C)/C(C)=C(\C)CC(F)(F)F)c1ccc(=O)[nH]c1C2. The van der Waals surface area contributed by atoms with Gasteiger partial charge in [0.25, 0.3) is 0 Å². The highest BCUT2D eigenvalue weighted by atomic mass is 19.4. The molecule has 3 rings (SSSR count). The highest BCUT2D eigenvalue weighted by Crippen LogP contribution is 2.52. The van der Waals surface area contributed by atoms with E-state index < -0.39 is 18.1 Å². The predicted octanol–water partition coefficient (Wildman–Crippen LogP) is 5.79. The summed E-state index contributed by atoms with van der Waals surface area (Å²) in [4.78, 5) is 19.9. The van der Waals surface area contributed by atoms with E-state index in [0.29, 0.717) is 24.1 Å². The standard InChI is InChI=1S/C23H27F3N2O/c1-6-18-17-9-13(2)11-22(18,19-7-8-21(29)27-20(19)10-17)28-16(5)15(4)14(3)12-23(24,25)26/h6-9,17H,10-12H2,1-5H3,(H,27,29)/b15-14+,18-6+,28-16?. The first-order valence-corrected chi connectivity index (χ1v) is 9.83. The maximum Gasteiger partial charge on any atom is 0.392 e. The molecular weight excluding hydrogens is 377 g/mol. The molecule has 1 N–H and O–H groups in total. The second-order valence-electron chi connectivity index (χ2n) is 8.21. The van der Waals surface area contributed by atoms with E-state index in [2.05, 4.69) is 24.1 Å². The number of aromatic amines is 1. The van der Waals surface area contributed by atoms with Crippen LogP contribution in [-0.2, 0) is 12.0 Å². The van der Waals surface area contributed by atoms with Gasteiger partial charge in [-0.3, -0.25) is 9.79 Å².